The van der Waals surface area contributed by atoms with Gasteiger partial charge in [0.25, 0.3) is 0 Å². The molecule has 3 nitrogen and oxygen atoms in total. The summed E-state index contributed by atoms with van der Waals surface area (Å²) in [6.07, 6.45) is 2.37. The summed E-state index contributed by atoms with van der Waals surface area (Å²) in [5.74, 6) is 1.02. The van der Waals surface area contributed by atoms with Crippen LogP contribution in [0, 0.1) is 6.92 Å². The average molecular weight is 250 g/mol. The molecule has 0 amide bonds. The van der Waals surface area contributed by atoms with Crippen molar-refractivity contribution in [2.75, 3.05) is 39.5 Å². The van der Waals surface area contributed by atoms with Crippen LogP contribution in [0.3, 0.4) is 0 Å². The lowest BCUT2D eigenvalue weighted by Gasteiger charge is -2.23. The molecule has 1 aromatic carbocycles. The van der Waals surface area contributed by atoms with Crippen LogP contribution in [0.4, 0.5) is 0 Å². The van der Waals surface area contributed by atoms with E-state index in [2.05, 4.69) is 13.0 Å². The van der Waals surface area contributed by atoms with Crippen LogP contribution in [0.1, 0.15) is 18.4 Å². The SMILES string of the molecule is Cc1ccccc1OCCCC[NH+]1CCOCC1. The van der Waals surface area contributed by atoms with E-state index in [4.69, 9.17) is 9.47 Å². The Balaban J connectivity index is 1.57. The van der Waals surface area contributed by atoms with Crippen LogP contribution in [-0.2, 0) is 4.74 Å². The Hall–Kier alpha value is -1.06. The van der Waals surface area contributed by atoms with Crippen LogP contribution in [0.2, 0.25) is 0 Å². The van der Waals surface area contributed by atoms with Crippen molar-refractivity contribution >= 4 is 0 Å². The molecule has 1 aromatic rings. The van der Waals surface area contributed by atoms with E-state index >= 15 is 0 Å². The third kappa shape index (κ3) is 4.31. The zero-order valence-corrected chi connectivity index (χ0v) is 11.3. The van der Waals surface area contributed by atoms with Crippen molar-refractivity contribution in [3.8, 4) is 5.75 Å². The van der Waals surface area contributed by atoms with E-state index in [1.807, 2.05) is 18.2 Å². The molecule has 0 bridgehead atoms. The second kappa shape index (κ2) is 7.39. The summed E-state index contributed by atoms with van der Waals surface area (Å²) in [5.41, 5.74) is 1.22. The molecular weight excluding hydrogens is 226 g/mol. The molecule has 1 saturated heterocycles. The van der Waals surface area contributed by atoms with Gasteiger partial charge in [-0.15, -0.1) is 0 Å². The predicted octanol–water partition coefficient (Wildman–Crippen LogP) is 1.07. The summed E-state index contributed by atoms with van der Waals surface area (Å²) in [4.78, 5) is 1.68. The second-order valence-electron chi connectivity index (χ2n) is 4.93. The lowest BCUT2D eigenvalue weighted by atomic mass is 10.2. The summed E-state index contributed by atoms with van der Waals surface area (Å²) in [5, 5.41) is 0. The van der Waals surface area contributed by atoms with Gasteiger partial charge < -0.3 is 14.4 Å². The Bertz CT molecular complexity index is 348. The van der Waals surface area contributed by atoms with Gasteiger partial charge in [0, 0.05) is 0 Å². The molecule has 0 spiro atoms. The first kappa shape index (κ1) is 13.4. The number of ether oxygens (including phenoxy) is 2. The average Bonchev–Trinajstić information content (AvgIpc) is 2.42. The van der Waals surface area contributed by atoms with Crippen molar-refractivity contribution < 1.29 is 14.4 Å². The highest BCUT2D eigenvalue weighted by Gasteiger charge is 2.12. The largest absolute Gasteiger partial charge is 0.493 e. The number of unbranched alkanes of at least 4 members (excludes halogenated alkanes) is 1. The molecule has 0 saturated carbocycles. The number of hydrogen-bond donors (Lipinski definition) is 1. The number of morpholine rings is 1. The monoisotopic (exact) mass is 250 g/mol. The molecule has 0 atom stereocenters. The maximum atomic E-state index is 5.79. The van der Waals surface area contributed by atoms with Crippen LogP contribution in [0.25, 0.3) is 0 Å². The van der Waals surface area contributed by atoms with Crippen molar-refractivity contribution in [3.05, 3.63) is 29.8 Å². The first-order valence-corrected chi connectivity index (χ1v) is 6.96. The minimum Gasteiger partial charge on any atom is -0.493 e. The molecule has 1 heterocycles. The Morgan fingerprint density at radius 3 is 2.72 bits per heavy atom. The lowest BCUT2D eigenvalue weighted by Crippen LogP contribution is -3.14. The van der Waals surface area contributed by atoms with Gasteiger partial charge in [0.2, 0.25) is 0 Å². The lowest BCUT2D eigenvalue weighted by molar-refractivity contribution is -0.908. The molecular formula is C15H24NO2+. The summed E-state index contributed by atoms with van der Waals surface area (Å²) in [6, 6.07) is 8.21. The topological polar surface area (TPSA) is 22.9 Å². The molecule has 0 aliphatic carbocycles. The zero-order valence-electron chi connectivity index (χ0n) is 11.3. The van der Waals surface area contributed by atoms with Gasteiger partial charge in [-0.1, -0.05) is 18.2 Å². The summed E-state index contributed by atoms with van der Waals surface area (Å²) in [7, 11) is 0. The molecule has 1 aliphatic heterocycles. The van der Waals surface area contributed by atoms with Gasteiger partial charge in [0.1, 0.15) is 18.8 Å². The maximum absolute atomic E-state index is 5.79. The highest BCUT2D eigenvalue weighted by atomic mass is 16.5. The van der Waals surface area contributed by atoms with E-state index in [0.717, 1.165) is 32.0 Å². The standard InChI is InChI=1S/C15H23NO2/c1-14-6-2-3-7-15(14)18-11-5-4-8-16-9-12-17-13-10-16/h2-3,6-7H,4-5,8-13H2,1H3/p+1. The summed E-state index contributed by atoms with van der Waals surface area (Å²) < 4.78 is 11.1. The highest BCUT2D eigenvalue weighted by molar-refractivity contribution is 5.31. The first-order valence-electron chi connectivity index (χ1n) is 6.96. The Morgan fingerprint density at radius 1 is 1.17 bits per heavy atom. The van der Waals surface area contributed by atoms with Crippen molar-refractivity contribution in [2.24, 2.45) is 0 Å². The molecule has 100 valence electrons. The first-order chi connectivity index (χ1) is 8.86. The van der Waals surface area contributed by atoms with Gasteiger partial charge in [-0.05, 0) is 31.4 Å². The smallest absolute Gasteiger partial charge is 0.122 e. The molecule has 0 radical (unpaired) electrons. The van der Waals surface area contributed by atoms with Gasteiger partial charge in [-0.3, -0.25) is 0 Å². The number of para-hydroxylation sites is 1. The van der Waals surface area contributed by atoms with Crippen LogP contribution in [0.15, 0.2) is 24.3 Å². The molecule has 18 heavy (non-hydrogen) atoms. The van der Waals surface area contributed by atoms with Crippen LogP contribution in [-0.4, -0.2) is 39.5 Å². The number of benzene rings is 1. The fourth-order valence-corrected chi connectivity index (χ4v) is 2.29. The quantitative estimate of drug-likeness (QED) is 0.763. The van der Waals surface area contributed by atoms with Gasteiger partial charge in [0.15, 0.2) is 0 Å². The fraction of sp³-hybridized carbons (Fsp3) is 0.600. The van der Waals surface area contributed by atoms with E-state index in [-0.39, 0.29) is 0 Å². The third-order valence-electron chi connectivity index (χ3n) is 3.48. The number of rotatable bonds is 6. The predicted molar refractivity (Wildman–Crippen MR) is 72.3 cm³/mol. The van der Waals surface area contributed by atoms with E-state index in [1.165, 1.54) is 31.6 Å². The summed E-state index contributed by atoms with van der Waals surface area (Å²) >= 11 is 0. The van der Waals surface area contributed by atoms with Gasteiger partial charge in [-0.2, -0.15) is 0 Å². The normalized spacial score (nSPS) is 16.7. The zero-order chi connectivity index (χ0) is 12.6. The van der Waals surface area contributed by atoms with Crippen LogP contribution < -0.4 is 9.64 Å². The Labute approximate surface area is 110 Å². The van der Waals surface area contributed by atoms with Crippen LogP contribution >= 0.6 is 0 Å². The van der Waals surface area contributed by atoms with E-state index < -0.39 is 0 Å². The van der Waals surface area contributed by atoms with Crippen molar-refractivity contribution in [1.82, 2.24) is 0 Å². The Kier molecular flexibility index (Phi) is 5.49. The van der Waals surface area contributed by atoms with Crippen LogP contribution in [0.5, 0.6) is 5.75 Å². The molecule has 0 unspecified atom stereocenters. The molecule has 1 aliphatic rings. The molecule has 2 rings (SSSR count). The third-order valence-corrected chi connectivity index (χ3v) is 3.48. The van der Waals surface area contributed by atoms with Gasteiger partial charge >= 0.3 is 0 Å². The van der Waals surface area contributed by atoms with E-state index in [0.29, 0.717) is 0 Å². The summed E-state index contributed by atoms with van der Waals surface area (Å²) in [6.45, 7) is 8.35. The van der Waals surface area contributed by atoms with Crippen molar-refractivity contribution in [1.29, 1.82) is 0 Å². The molecule has 1 N–H and O–H groups in total. The number of aryl methyl sites for hydroxylation is 1. The fourth-order valence-electron chi connectivity index (χ4n) is 2.29. The van der Waals surface area contributed by atoms with Gasteiger partial charge in [-0.25, -0.2) is 0 Å². The van der Waals surface area contributed by atoms with Gasteiger partial charge in [0.05, 0.1) is 26.4 Å². The second-order valence-corrected chi connectivity index (χ2v) is 4.93. The van der Waals surface area contributed by atoms with E-state index in [1.54, 1.807) is 4.90 Å². The van der Waals surface area contributed by atoms with Crippen molar-refractivity contribution in [3.63, 3.8) is 0 Å². The van der Waals surface area contributed by atoms with Crippen molar-refractivity contribution in [2.45, 2.75) is 19.8 Å². The molecule has 1 fully saturated rings. The molecule has 0 aromatic heterocycles. The minimum atomic E-state index is 0.828. The Morgan fingerprint density at radius 2 is 1.94 bits per heavy atom. The number of quaternary nitrogens is 1. The van der Waals surface area contributed by atoms with E-state index in [9.17, 15) is 0 Å². The minimum absolute atomic E-state index is 0.828. The highest BCUT2D eigenvalue weighted by Crippen LogP contribution is 2.16. The number of hydrogen-bond acceptors (Lipinski definition) is 2. The maximum Gasteiger partial charge on any atom is 0.122 e. The molecule has 3 heteroatoms. The number of nitrogens with one attached hydrogen (secondary N) is 1.